The number of rotatable bonds is 3. The second kappa shape index (κ2) is 5.66. The maximum Gasteiger partial charge on any atom is 0.186 e. The summed E-state index contributed by atoms with van der Waals surface area (Å²) in [4.78, 5) is 10.9. The fraction of sp³-hybridized carbons (Fsp3) is 0.800. The van der Waals surface area contributed by atoms with Crippen LogP contribution in [0.1, 0.15) is 39.0 Å². The molecule has 2 unspecified atom stereocenters. The minimum absolute atomic E-state index is 0.190. The Morgan fingerprint density at radius 2 is 2.23 bits per heavy atom. The Balaban J connectivity index is 2.41. The number of hydrogen-bond acceptors (Lipinski definition) is 3. The van der Waals surface area contributed by atoms with Crippen molar-refractivity contribution in [2.45, 2.75) is 44.3 Å². The first-order chi connectivity index (χ1) is 6.24. The van der Waals surface area contributed by atoms with Gasteiger partial charge in [0.2, 0.25) is 0 Å². The number of thioether (sulfide) groups is 1. The molecule has 0 bridgehead atoms. The van der Waals surface area contributed by atoms with Gasteiger partial charge >= 0.3 is 0 Å². The average Bonchev–Trinajstić information content (AvgIpc) is 2.08. The molecule has 2 atom stereocenters. The Bertz CT molecular complexity index is 168. The molecular formula is C10H16O2S. The predicted molar refractivity (Wildman–Crippen MR) is 53.8 cm³/mol. The summed E-state index contributed by atoms with van der Waals surface area (Å²) in [6.45, 7) is 3.83. The van der Waals surface area contributed by atoms with Crippen molar-refractivity contribution in [3.63, 3.8) is 0 Å². The molecule has 0 spiro atoms. The van der Waals surface area contributed by atoms with Crippen LogP contribution in [-0.2, 0) is 4.79 Å². The van der Waals surface area contributed by atoms with Gasteiger partial charge in [-0.25, -0.2) is 0 Å². The van der Waals surface area contributed by atoms with Crippen LogP contribution in [0.4, 0.5) is 0 Å². The minimum atomic E-state index is 0.190. The third-order valence-corrected chi connectivity index (χ3v) is 3.77. The van der Waals surface area contributed by atoms with E-state index < -0.39 is 0 Å². The lowest BCUT2D eigenvalue weighted by Crippen LogP contribution is -2.23. The van der Waals surface area contributed by atoms with Gasteiger partial charge in [-0.1, -0.05) is 24.6 Å². The van der Waals surface area contributed by atoms with Crippen molar-refractivity contribution in [2.24, 2.45) is 5.92 Å². The van der Waals surface area contributed by atoms with E-state index in [1.165, 1.54) is 24.6 Å². The summed E-state index contributed by atoms with van der Waals surface area (Å²) < 4.78 is 0. The molecule has 1 rings (SSSR count). The molecule has 0 heterocycles. The van der Waals surface area contributed by atoms with Crippen LogP contribution < -0.4 is 0 Å². The maximum atomic E-state index is 10.9. The predicted octanol–water partition coefficient (Wildman–Crippen LogP) is 2.63. The van der Waals surface area contributed by atoms with E-state index in [9.17, 15) is 4.79 Å². The summed E-state index contributed by atoms with van der Waals surface area (Å²) in [5, 5.41) is 9.22. The number of hydrogen-bond donors (Lipinski definition) is 1. The van der Waals surface area contributed by atoms with Gasteiger partial charge in [-0.2, -0.15) is 0 Å². The fourth-order valence-electron chi connectivity index (χ4n) is 1.89. The van der Waals surface area contributed by atoms with Gasteiger partial charge in [0.15, 0.2) is 5.12 Å². The maximum absolute atomic E-state index is 10.9. The molecule has 0 saturated heterocycles. The van der Waals surface area contributed by atoms with Crippen molar-refractivity contribution in [1.29, 1.82) is 0 Å². The molecule has 0 aromatic rings. The number of carbonyl (C=O) groups is 1. The average molecular weight is 200 g/mol. The van der Waals surface area contributed by atoms with Gasteiger partial charge in [0.25, 0.3) is 0 Å². The van der Waals surface area contributed by atoms with Crippen LogP contribution in [0.2, 0.25) is 0 Å². The first kappa shape index (κ1) is 11.1. The standard InChI is InChI=1S/C10H16O2S/c1-8(12)13-10-5-3-2-4-9(10)6-7-11/h9-11H,2-6H2,1H3. The SMILES string of the molecule is CC(=O)SC1CCCCC1C[C]O. The molecule has 2 radical (unpaired) electrons. The van der Waals surface area contributed by atoms with Crippen molar-refractivity contribution in [2.75, 3.05) is 0 Å². The Hall–Kier alpha value is -0.0200. The lowest BCUT2D eigenvalue weighted by molar-refractivity contribution is -0.109. The van der Waals surface area contributed by atoms with Crippen LogP contribution in [0.25, 0.3) is 0 Å². The monoisotopic (exact) mass is 200 g/mol. The Morgan fingerprint density at radius 1 is 1.54 bits per heavy atom. The first-order valence-electron chi connectivity index (χ1n) is 4.78. The summed E-state index contributed by atoms with van der Waals surface area (Å²) >= 11 is 1.43. The van der Waals surface area contributed by atoms with Gasteiger partial charge in [-0.05, 0) is 25.2 Å². The zero-order chi connectivity index (χ0) is 9.68. The summed E-state index contributed by atoms with van der Waals surface area (Å²) in [7, 11) is 0. The van der Waals surface area contributed by atoms with E-state index in [2.05, 4.69) is 6.61 Å². The van der Waals surface area contributed by atoms with Crippen molar-refractivity contribution in [1.82, 2.24) is 0 Å². The smallest absolute Gasteiger partial charge is 0.186 e. The van der Waals surface area contributed by atoms with Gasteiger partial charge in [-0.3, -0.25) is 4.79 Å². The van der Waals surface area contributed by atoms with Crippen LogP contribution in [0.3, 0.4) is 0 Å². The highest BCUT2D eigenvalue weighted by molar-refractivity contribution is 8.14. The molecule has 0 aliphatic heterocycles. The van der Waals surface area contributed by atoms with E-state index in [0.29, 0.717) is 17.6 Å². The van der Waals surface area contributed by atoms with Crippen LogP contribution in [0.5, 0.6) is 0 Å². The van der Waals surface area contributed by atoms with Crippen molar-refractivity contribution in [3.05, 3.63) is 6.61 Å². The van der Waals surface area contributed by atoms with Crippen LogP contribution >= 0.6 is 11.8 Å². The topological polar surface area (TPSA) is 37.3 Å². The summed E-state index contributed by atoms with van der Waals surface area (Å²) in [6, 6.07) is 0. The summed E-state index contributed by atoms with van der Waals surface area (Å²) in [5.41, 5.74) is 0. The molecule has 1 aliphatic carbocycles. The highest BCUT2D eigenvalue weighted by atomic mass is 32.2. The summed E-state index contributed by atoms with van der Waals surface area (Å²) in [5.74, 6) is 0.452. The molecule has 13 heavy (non-hydrogen) atoms. The quantitative estimate of drug-likeness (QED) is 0.761. The fourth-order valence-corrected chi connectivity index (χ4v) is 3.03. The van der Waals surface area contributed by atoms with E-state index >= 15 is 0 Å². The first-order valence-corrected chi connectivity index (χ1v) is 5.66. The molecule has 1 saturated carbocycles. The van der Waals surface area contributed by atoms with E-state index in [1.807, 2.05) is 0 Å². The number of aliphatic hydroxyl groups excluding tert-OH is 1. The van der Waals surface area contributed by atoms with E-state index in [4.69, 9.17) is 5.11 Å². The highest BCUT2D eigenvalue weighted by Crippen LogP contribution is 2.35. The van der Waals surface area contributed by atoms with Crippen LogP contribution in [0, 0.1) is 12.5 Å². The molecule has 2 nitrogen and oxygen atoms in total. The molecular weight excluding hydrogens is 184 g/mol. The van der Waals surface area contributed by atoms with Crippen molar-refractivity contribution >= 4 is 16.9 Å². The Morgan fingerprint density at radius 3 is 2.85 bits per heavy atom. The summed E-state index contributed by atoms with van der Waals surface area (Å²) in [6.07, 6.45) is 5.29. The van der Waals surface area contributed by atoms with Gasteiger partial charge < -0.3 is 5.11 Å². The Kier molecular flexibility index (Phi) is 4.81. The highest BCUT2D eigenvalue weighted by Gasteiger charge is 2.26. The van der Waals surface area contributed by atoms with E-state index in [0.717, 1.165) is 12.8 Å². The molecule has 74 valence electrons. The van der Waals surface area contributed by atoms with Gasteiger partial charge in [0.05, 0.1) is 0 Å². The third-order valence-electron chi connectivity index (χ3n) is 2.51. The van der Waals surface area contributed by atoms with Crippen LogP contribution in [-0.4, -0.2) is 15.5 Å². The van der Waals surface area contributed by atoms with E-state index in [-0.39, 0.29) is 5.12 Å². The molecule has 0 amide bonds. The lowest BCUT2D eigenvalue weighted by atomic mass is 9.87. The second-order valence-electron chi connectivity index (χ2n) is 3.55. The minimum Gasteiger partial charge on any atom is -0.384 e. The zero-order valence-corrected chi connectivity index (χ0v) is 8.77. The molecule has 1 N–H and O–H groups in total. The normalized spacial score (nSPS) is 28.8. The molecule has 0 aromatic heterocycles. The molecule has 1 aliphatic rings. The largest absolute Gasteiger partial charge is 0.384 e. The molecule has 3 heteroatoms. The van der Waals surface area contributed by atoms with Crippen molar-refractivity contribution in [3.8, 4) is 0 Å². The third kappa shape index (κ3) is 3.69. The van der Waals surface area contributed by atoms with Gasteiger partial charge in [0.1, 0.15) is 6.61 Å². The van der Waals surface area contributed by atoms with Gasteiger partial charge in [-0.15, -0.1) is 0 Å². The molecule has 1 fully saturated rings. The Labute approximate surface area is 84.1 Å². The van der Waals surface area contributed by atoms with Gasteiger partial charge in [0, 0.05) is 12.2 Å². The lowest BCUT2D eigenvalue weighted by Gasteiger charge is -2.29. The van der Waals surface area contributed by atoms with Crippen LogP contribution in [0.15, 0.2) is 0 Å². The second-order valence-corrected chi connectivity index (χ2v) is 4.97. The number of aliphatic hydroxyl groups is 1. The van der Waals surface area contributed by atoms with Crippen molar-refractivity contribution < 1.29 is 9.90 Å². The van der Waals surface area contributed by atoms with E-state index in [1.54, 1.807) is 6.92 Å². The number of carbonyl (C=O) groups excluding carboxylic acids is 1. The zero-order valence-electron chi connectivity index (χ0n) is 7.95. The molecule has 0 aromatic carbocycles.